The zero-order valence-electron chi connectivity index (χ0n) is 12.7. The van der Waals surface area contributed by atoms with E-state index in [1.165, 1.54) is 6.07 Å². The lowest BCUT2D eigenvalue weighted by molar-refractivity contribution is -0.140. The topological polar surface area (TPSA) is 49.3 Å². The normalized spacial score (nSPS) is 29.6. The highest BCUT2D eigenvalue weighted by Crippen LogP contribution is 2.55. The van der Waals surface area contributed by atoms with Crippen molar-refractivity contribution in [3.8, 4) is 0 Å². The lowest BCUT2D eigenvalue weighted by Crippen LogP contribution is -2.46. The third-order valence-electron chi connectivity index (χ3n) is 5.32. The van der Waals surface area contributed by atoms with Gasteiger partial charge in [-0.2, -0.15) is 0 Å². The zero-order chi connectivity index (χ0) is 15.9. The van der Waals surface area contributed by atoms with Crippen molar-refractivity contribution in [2.24, 2.45) is 5.41 Å². The van der Waals surface area contributed by atoms with Crippen LogP contribution in [-0.4, -0.2) is 17.1 Å². The van der Waals surface area contributed by atoms with Crippen LogP contribution in [0.3, 0.4) is 0 Å². The molecule has 120 valence electrons. The van der Waals surface area contributed by atoms with Crippen molar-refractivity contribution in [1.82, 2.24) is 0 Å². The number of fused-ring (bicyclic) bond motifs is 3. The van der Waals surface area contributed by atoms with E-state index in [0.717, 1.165) is 38.2 Å². The van der Waals surface area contributed by atoms with Gasteiger partial charge in [-0.15, -0.1) is 0 Å². The van der Waals surface area contributed by atoms with Crippen molar-refractivity contribution in [3.63, 3.8) is 0 Å². The molecule has 1 aromatic rings. The lowest BCUT2D eigenvalue weighted by Gasteiger charge is -2.45. The van der Waals surface area contributed by atoms with Crippen LogP contribution in [0.15, 0.2) is 12.1 Å². The Hall–Kier alpha value is -1.65. The number of hydrogen-bond acceptors (Lipinski definition) is 2. The number of benzene rings is 1. The molecule has 3 nitrogen and oxygen atoms in total. The van der Waals surface area contributed by atoms with E-state index in [-0.39, 0.29) is 29.9 Å². The van der Waals surface area contributed by atoms with Crippen LogP contribution in [-0.2, 0) is 4.79 Å². The molecule has 1 aromatic carbocycles. The van der Waals surface area contributed by atoms with Gasteiger partial charge in [-0.3, -0.25) is 4.79 Å². The van der Waals surface area contributed by atoms with E-state index in [4.69, 9.17) is 0 Å². The Kier molecular flexibility index (Phi) is 3.83. The van der Waals surface area contributed by atoms with Gasteiger partial charge < -0.3 is 10.4 Å². The van der Waals surface area contributed by atoms with Crippen molar-refractivity contribution in [3.05, 3.63) is 29.3 Å². The molecule has 1 saturated carbocycles. The maximum absolute atomic E-state index is 14.2. The standard InChI is InChI=1S/C17H21F2NO2/c1-2-7-17(9-13(21)22)8-3-4-10-14-11(18)5-6-12(19)15(14)20-16(10)17/h5-6,10,16,20H,2-4,7-9H2,1H3,(H,21,22). The quantitative estimate of drug-likeness (QED) is 0.872. The van der Waals surface area contributed by atoms with Gasteiger partial charge >= 0.3 is 5.97 Å². The molecule has 0 amide bonds. The molecular weight excluding hydrogens is 288 g/mol. The average Bonchev–Trinajstić information content (AvgIpc) is 2.85. The predicted molar refractivity (Wildman–Crippen MR) is 80.0 cm³/mol. The van der Waals surface area contributed by atoms with Crippen LogP contribution >= 0.6 is 0 Å². The molecule has 1 aliphatic carbocycles. The fraction of sp³-hybridized carbons (Fsp3) is 0.588. The smallest absolute Gasteiger partial charge is 0.303 e. The van der Waals surface area contributed by atoms with Gasteiger partial charge in [-0.05, 0) is 31.4 Å². The van der Waals surface area contributed by atoms with E-state index >= 15 is 0 Å². The third kappa shape index (κ3) is 2.27. The second-order valence-electron chi connectivity index (χ2n) is 6.62. The first-order valence-electron chi connectivity index (χ1n) is 7.95. The molecule has 22 heavy (non-hydrogen) atoms. The Morgan fingerprint density at radius 3 is 2.82 bits per heavy atom. The number of rotatable bonds is 4. The number of hydrogen-bond donors (Lipinski definition) is 2. The molecule has 0 bridgehead atoms. The molecule has 3 rings (SSSR count). The molecular formula is C17H21F2NO2. The molecule has 0 aromatic heterocycles. The molecule has 2 N–H and O–H groups in total. The fourth-order valence-electron chi connectivity index (χ4n) is 4.59. The van der Waals surface area contributed by atoms with E-state index in [1.807, 2.05) is 6.92 Å². The lowest BCUT2D eigenvalue weighted by atomic mass is 9.62. The van der Waals surface area contributed by atoms with Crippen LogP contribution in [0, 0.1) is 17.0 Å². The number of halogens is 2. The van der Waals surface area contributed by atoms with Gasteiger partial charge in [0.15, 0.2) is 0 Å². The monoisotopic (exact) mass is 309 g/mol. The highest BCUT2D eigenvalue weighted by molar-refractivity contribution is 5.69. The Morgan fingerprint density at radius 2 is 2.14 bits per heavy atom. The second kappa shape index (κ2) is 5.52. The van der Waals surface area contributed by atoms with Gasteiger partial charge in [0.25, 0.3) is 0 Å². The molecule has 1 heterocycles. The molecule has 1 fully saturated rings. The maximum atomic E-state index is 14.2. The minimum Gasteiger partial charge on any atom is -0.481 e. The summed E-state index contributed by atoms with van der Waals surface area (Å²) in [7, 11) is 0. The van der Waals surface area contributed by atoms with Crippen molar-refractivity contribution in [2.45, 2.75) is 57.4 Å². The van der Waals surface area contributed by atoms with Crippen LogP contribution in [0.4, 0.5) is 14.5 Å². The van der Waals surface area contributed by atoms with E-state index < -0.39 is 17.2 Å². The second-order valence-corrected chi connectivity index (χ2v) is 6.62. The first kappa shape index (κ1) is 15.3. The van der Waals surface area contributed by atoms with Crippen molar-refractivity contribution >= 4 is 11.7 Å². The Bertz CT molecular complexity index is 601. The summed E-state index contributed by atoms with van der Waals surface area (Å²) in [5.41, 5.74) is 0.222. The molecule has 2 aliphatic rings. The zero-order valence-corrected chi connectivity index (χ0v) is 12.7. The summed E-state index contributed by atoms with van der Waals surface area (Å²) in [5, 5.41) is 12.5. The fourth-order valence-corrected chi connectivity index (χ4v) is 4.59. The molecule has 5 heteroatoms. The molecule has 3 atom stereocenters. The summed E-state index contributed by atoms with van der Waals surface area (Å²) in [6, 6.07) is 2.11. The predicted octanol–water partition coefficient (Wildman–Crippen LogP) is 4.29. The van der Waals surface area contributed by atoms with Gasteiger partial charge in [-0.25, -0.2) is 8.78 Å². The van der Waals surface area contributed by atoms with Crippen molar-refractivity contribution in [1.29, 1.82) is 0 Å². The summed E-state index contributed by atoms with van der Waals surface area (Å²) in [6.07, 6.45) is 4.08. The first-order valence-corrected chi connectivity index (χ1v) is 7.95. The molecule has 0 spiro atoms. The van der Waals surface area contributed by atoms with Crippen LogP contribution in [0.5, 0.6) is 0 Å². The third-order valence-corrected chi connectivity index (χ3v) is 5.32. The van der Waals surface area contributed by atoms with E-state index in [9.17, 15) is 18.7 Å². The number of aliphatic carboxylic acids is 1. The summed E-state index contributed by atoms with van der Waals surface area (Å²) < 4.78 is 28.3. The number of anilines is 1. The van der Waals surface area contributed by atoms with E-state index in [1.54, 1.807) is 0 Å². The summed E-state index contributed by atoms with van der Waals surface area (Å²) >= 11 is 0. The van der Waals surface area contributed by atoms with Crippen LogP contribution in [0.2, 0.25) is 0 Å². The molecule has 0 radical (unpaired) electrons. The van der Waals surface area contributed by atoms with Gasteiger partial charge in [0.05, 0.1) is 12.1 Å². The van der Waals surface area contributed by atoms with Crippen LogP contribution in [0.25, 0.3) is 0 Å². The molecule has 3 unspecified atom stereocenters. The number of nitrogens with one attached hydrogen (secondary N) is 1. The van der Waals surface area contributed by atoms with Crippen molar-refractivity contribution in [2.75, 3.05) is 5.32 Å². The maximum Gasteiger partial charge on any atom is 0.303 e. The Balaban J connectivity index is 2.04. The van der Waals surface area contributed by atoms with Crippen molar-refractivity contribution < 1.29 is 18.7 Å². The minimum absolute atomic E-state index is 0.0479. The van der Waals surface area contributed by atoms with Crippen LogP contribution < -0.4 is 5.32 Å². The summed E-state index contributed by atoms with van der Waals surface area (Å²) in [4.78, 5) is 11.4. The SMILES string of the molecule is CCCC1(CC(=O)O)CCCC2c3c(F)ccc(F)c3NC21. The number of carbonyl (C=O) groups is 1. The highest BCUT2D eigenvalue weighted by Gasteiger charge is 2.51. The largest absolute Gasteiger partial charge is 0.481 e. The minimum atomic E-state index is -0.840. The summed E-state index contributed by atoms with van der Waals surface area (Å²) in [6.45, 7) is 2.02. The first-order chi connectivity index (χ1) is 10.5. The Labute approximate surface area is 128 Å². The van der Waals surface area contributed by atoms with Gasteiger partial charge in [0.2, 0.25) is 0 Å². The van der Waals surface area contributed by atoms with E-state index in [2.05, 4.69) is 5.32 Å². The van der Waals surface area contributed by atoms with Crippen LogP contribution in [0.1, 0.15) is 56.9 Å². The molecule has 0 saturated heterocycles. The van der Waals surface area contributed by atoms with Gasteiger partial charge in [0, 0.05) is 22.9 Å². The van der Waals surface area contributed by atoms with E-state index in [0.29, 0.717) is 5.56 Å². The summed E-state index contributed by atoms with van der Waals surface area (Å²) in [5.74, 6) is -1.82. The Morgan fingerprint density at radius 1 is 1.41 bits per heavy atom. The highest BCUT2D eigenvalue weighted by atomic mass is 19.1. The van der Waals surface area contributed by atoms with Gasteiger partial charge in [-0.1, -0.05) is 19.8 Å². The van der Waals surface area contributed by atoms with Gasteiger partial charge in [0.1, 0.15) is 11.6 Å². The number of carboxylic acids is 1. The molecule has 1 aliphatic heterocycles. The number of carboxylic acid groups (broad SMARTS) is 1. The average molecular weight is 309 g/mol.